The maximum atomic E-state index is 12.7. The Bertz CT molecular complexity index is 940. The summed E-state index contributed by atoms with van der Waals surface area (Å²) in [5, 5.41) is 3.26. The molecule has 1 N–H and O–H groups in total. The fraction of sp³-hybridized carbons (Fsp3) is 0.316. The number of amides is 1. The van der Waals surface area contributed by atoms with Crippen molar-refractivity contribution in [2.75, 3.05) is 25.5 Å². The van der Waals surface area contributed by atoms with Crippen molar-refractivity contribution in [1.29, 1.82) is 0 Å². The van der Waals surface area contributed by atoms with Gasteiger partial charge in [-0.25, -0.2) is 8.42 Å². The minimum Gasteiger partial charge on any atom is -0.496 e. The van der Waals surface area contributed by atoms with Gasteiger partial charge in [-0.05, 0) is 49.2 Å². The van der Waals surface area contributed by atoms with Crippen LogP contribution in [-0.4, -0.2) is 38.8 Å². The van der Waals surface area contributed by atoms with Crippen molar-refractivity contribution in [3.05, 3.63) is 53.1 Å². The number of hydrogen-bond acceptors (Lipinski definition) is 4. The van der Waals surface area contributed by atoms with Gasteiger partial charge >= 0.3 is 0 Å². The van der Waals surface area contributed by atoms with E-state index < -0.39 is 10.0 Å². The molecule has 0 spiro atoms. The van der Waals surface area contributed by atoms with E-state index in [1.165, 1.54) is 17.5 Å². The van der Waals surface area contributed by atoms with Gasteiger partial charge in [0.05, 0.1) is 18.4 Å². The molecule has 0 bridgehead atoms. The SMILES string of the molecule is COc1ccc(Cl)cc1CC(=O)Nc1cccc(S(=O)(=O)N2CCCC2)c1. The second-order valence-electron chi connectivity index (χ2n) is 6.32. The smallest absolute Gasteiger partial charge is 0.243 e. The first-order valence-electron chi connectivity index (χ1n) is 8.62. The average Bonchev–Trinajstić information content (AvgIpc) is 3.17. The largest absolute Gasteiger partial charge is 0.496 e. The van der Waals surface area contributed by atoms with Crippen molar-refractivity contribution in [3.8, 4) is 5.75 Å². The van der Waals surface area contributed by atoms with Gasteiger partial charge in [0.15, 0.2) is 0 Å². The van der Waals surface area contributed by atoms with Crippen molar-refractivity contribution in [2.24, 2.45) is 0 Å². The monoisotopic (exact) mass is 408 g/mol. The molecule has 1 fully saturated rings. The Morgan fingerprint density at radius 3 is 2.63 bits per heavy atom. The first-order chi connectivity index (χ1) is 12.9. The van der Waals surface area contributed by atoms with Gasteiger partial charge in [0.2, 0.25) is 15.9 Å². The van der Waals surface area contributed by atoms with Crippen LogP contribution in [0.2, 0.25) is 5.02 Å². The van der Waals surface area contributed by atoms with Crippen LogP contribution in [0.4, 0.5) is 5.69 Å². The molecule has 0 aromatic heterocycles. The lowest BCUT2D eigenvalue weighted by Gasteiger charge is -2.16. The number of benzene rings is 2. The molecule has 144 valence electrons. The van der Waals surface area contributed by atoms with Crippen molar-refractivity contribution in [1.82, 2.24) is 4.31 Å². The summed E-state index contributed by atoms with van der Waals surface area (Å²) >= 11 is 5.99. The van der Waals surface area contributed by atoms with E-state index in [2.05, 4.69) is 5.32 Å². The van der Waals surface area contributed by atoms with Gasteiger partial charge in [-0.15, -0.1) is 0 Å². The van der Waals surface area contributed by atoms with E-state index in [1.54, 1.807) is 36.4 Å². The number of nitrogens with one attached hydrogen (secondary N) is 1. The van der Waals surface area contributed by atoms with Crippen LogP contribution in [0.5, 0.6) is 5.75 Å². The Hall–Kier alpha value is -2.09. The third-order valence-corrected chi connectivity index (χ3v) is 6.54. The van der Waals surface area contributed by atoms with Crippen molar-refractivity contribution in [3.63, 3.8) is 0 Å². The first kappa shape index (κ1) is 19.7. The second kappa shape index (κ2) is 8.29. The summed E-state index contributed by atoms with van der Waals surface area (Å²) in [5.74, 6) is 0.284. The Morgan fingerprint density at radius 2 is 1.93 bits per heavy atom. The summed E-state index contributed by atoms with van der Waals surface area (Å²) in [5.41, 5.74) is 1.09. The molecule has 1 amide bonds. The van der Waals surface area contributed by atoms with Gasteiger partial charge in [-0.3, -0.25) is 4.79 Å². The second-order valence-corrected chi connectivity index (χ2v) is 8.69. The molecule has 1 aliphatic heterocycles. The Labute approximate surface area is 164 Å². The number of sulfonamides is 1. The van der Waals surface area contributed by atoms with Crippen molar-refractivity contribution >= 4 is 33.2 Å². The molecule has 3 rings (SSSR count). The van der Waals surface area contributed by atoms with Crippen LogP contribution in [0, 0.1) is 0 Å². The quantitative estimate of drug-likeness (QED) is 0.795. The highest BCUT2D eigenvalue weighted by atomic mass is 35.5. The molecule has 1 aliphatic rings. The molecule has 0 radical (unpaired) electrons. The van der Waals surface area contributed by atoms with E-state index in [9.17, 15) is 13.2 Å². The van der Waals surface area contributed by atoms with Gasteiger partial charge in [0.1, 0.15) is 5.75 Å². The predicted molar refractivity (Wildman–Crippen MR) is 105 cm³/mol. The van der Waals surface area contributed by atoms with E-state index >= 15 is 0 Å². The van der Waals surface area contributed by atoms with E-state index in [0.29, 0.717) is 35.1 Å². The number of hydrogen-bond donors (Lipinski definition) is 1. The topological polar surface area (TPSA) is 75.7 Å². The maximum absolute atomic E-state index is 12.7. The molecule has 27 heavy (non-hydrogen) atoms. The highest BCUT2D eigenvalue weighted by Gasteiger charge is 2.27. The third kappa shape index (κ3) is 4.61. The van der Waals surface area contributed by atoms with Crippen LogP contribution >= 0.6 is 11.6 Å². The van der Waals surface area contributed by atoms with Gasteiger partial charge < -0.3 is 10.1 Å². The number of nitrogens with zero attached hydrogens (tertiary/aromatic N) is 1. The fourth-order valence-electron chi connectivity index (χ4n) is 3.08. The van der Waals surface area contributed by atoms with Gasteiger partial charge in [0.25, 0.3) is 0 Å². The van der Waals surface area contributed by atoms with E-state index in [1.807, 2.05) is 0 Å². The molecule has 6 nitrogen and oxygen atoms in total. The summed E-state index contributed by atoms with van der Waals surface area (Å²) in [6, 6.07) is 11.4. The van der Waals surface area contributed by atoms with E-state index in [-0.39, 0.29) is 17.2 Å². The molecule has 0 aliphatic carbocycles. The van der Waals surface area contributed by atoms with Gasteiger partial charge in [0, 0.05) is 29.4 Å². The summed E-state index contributed by atoms with van der Waals surface area (Å²) < 4.78 is 32.1. The Kier molecular flexibility index (Phi) is 6.04. The number of anilines is 1. The Balaban J connectivity index is 1.75. The summed E-state index contributed by atoms with van der Waals surface area (Å²) in [6.07, 6.45) is 1.81. The maximum Gasteiger partial charge on any atom is 0.243 e. The molecule has 1 heterocycles. The minimum absolute atomic E-state index is 0.0623. The molecular formula is C19H21ClN2O4S. The standard InChI is InChI=1S/C19H21ClN2O4S/c1-26-18-8-7-15(20)11-14(18)12-19(23)21-16-5-4-6-17(13-16)27(24,25)22-9-2-3-10-22/h4-8,11,13H,2-3,9-10,12H2,1H3,(H,21,23). The van der Waals surface area contributed by atoms with Crippen LogP contribution in [0.25, 0.3) is 0 Å². The fourth-order valence-corrected chi connectivity index (χ4v) is 4.83. The van der Waals surface area contributed by atoms with E-state index in [0.717, 1.165) is 12.8 Å². The van der Waals surface area contributed by atoms with Crippen LogP contribution in [0.3, 0.4) is 0 Å². The lowest BCUT2D eigenvalue weighted by molar-refractivity contribution is -0.115. The molecule has 0 atom stereocenters. The van der Waals surface area contributed by atoms with Crippen LogP contribution in [0.15, 0.2) is 47.4 Å². The summed E-state index contributed by atoms with van der Waals surface area (Å²) in [4.78, 5) is 12.6. The molecule has 0 saturated carbocycles. The lowest BCUT2D eigenvalue weighted by atomic mass is 10.1. The minimum atomic E-state index is -3.53. The number of ether oxygens (including phenoxy) is 1. The van der Waals surface area contributed by atoms with Crippen LogP contribution in [0.1, 0.15) is 18.4 Å². The van der Waals surface area contributed by atoms with Crippen LogP contribution in [-0.2, 0) is 21.2 Å². The van der Waals surface area contributed by atoms with Gasteiger partial charge in [-0.1, -0.05) is 17.7 Å². The lowest BCUT2D eigenvalue weighted by Crippen LogP contribution is -2.28. The molecule has 0 unspecified atom stereocenters. The zero-order chi connectivity index (χ0) is 19.4. The summed E-state index contributed by atoms with van der Waals surface area (Å²) in [7, 11) is -2.00. The highest BCUT2D eigenvalue weighted by Crippen LogP contribution is 2.25. The predicted octanol–water partition coefficient (Wildman–Crippen LogP) is 3.31. The van der Waals surface area contributed by atoms with Crippen molar-refractivity contribution < 1.29 is 17.9 Å². The molecule has 2 aromatic carbocycles. The zero-order valence-electron chi connectivity index (χ0n) is 14.9. The normalized spacial score (nSPS) is 14.9. The number of methoxy groups -OCH3 is 1. The number of halogens is 1. The number of rotatable bonds is 6. The zero-order valence-corrected chi connectivity index (χ0v) is 16.5. The summed E-state index contributed by atoms with van der Waals surface area (Å²) in [6.45, 7) is 1.07. The van der Waals surface area contributed by atoms with Crippen LogP contribution < -0.4 is 10.1 Å². The molecular weight excluding hydrogens is 388 g/mol. The average molecular weight is 409 g/mol. The molecule has 1 saturated heterocycles. The third-order valence-electron chi connectivity index (χ3n) is 4.41. The first-order valence-corrected chi connectivity index (χ1v) is 10.4. The van der Waals surface area contributed by atoms with E-state index in [4.69, 9.17) is 16.3 Å². The highest BCUT2D eigenvalue weighted by molar-refractivity contribution is 7.89. The van der Waals surface area contributed by atoms with Gasteiger partial charge in [-0.2, -0.15) is 4.31 Å². The molecule has 2 aromatic rings. The molecule has 8 heteroatoms. The number of carbonyl (C=O) groups is 1. The van der Waals surface area contributed by atoms with Crippen molar-refractivity contribution in [2.45, 2.75) is 24.2 Å². The Morgan fingerprint density at radius 1 is 1.19 bits per heavy atom. The number of carbonyl (C=O) groups excluding carboxylic acids is 1.